The Hall–Kier alpha value is -1.56. The maximum Gasteiger partial charge on any atom is 0.341 e. The molecule has 6 heteroatoms. The van der Waals surface area contributed by atoms with Crippen molar-refractivity contribution in [1.29, 1.82) is 0 Å². The van der Waals surface area contributed by atoms with E-state index in [1.807, 2.05) is 0 Å². The highest BCUT2D eigenvalue weighted by atomic mass is 16.5. The van der Waals surface area contributed by atoms with E-state index in [9.17, 15) is 9.90 Å². The van der Waals surface area contributed by atoms with Crippen LogP contribution in [0.5, 0.6) is 0 Å². The highest BCUT2D eigenvalue weighted by Gasteiger charge is 2.41. The third kappa shape index (κ3) is 2.20. The SMILES string of the molecule is Cc1nn(C)c(NC2CCOC2C2CC2)c1C(=O)O. The fraction of sp³-hybridized carbons (Fsp3) is 0.692. The minimum absolute atomic E-state index is 0.195. The molecule has 104 valence electrons. The topological polar surface area (TPSA) is 76.4 Å². The van der Waals surface area contributed by atoms with Gasteiger partial charge in [-0.2, -0.15) is 5.10 Å². The number of ether oxygens (including phenoxy) is 1. The summed E-state index contributed by atoms with van der Waals surface area (Å²) in [6, 6.07) is 0.195. The molecular weight excluding hydrogens is 246 g/mol. The molecule has 0 radical (unpaired) electrons. The van der Waals surface area contributed by atoms with Gasteiger partial charge in [-0.1, -0.05) is 0 Å². The van der Waals surface area contributed by atoms with Gasteiger partial charge in [0.15, 0.2) is 0 Å². The Morgan fingerprint density at radius 1 is 1.47 bits per heavy atom. The van der Waals surface area contributed by atoms with Crippen LogP contribution >= 0.6 is 0 Å². The summed E-state index contributed by atoms with van der Waals surface area (Å²) >= 11 is 0. The molecule has 1 aliphatic carbocycles. The maximum atomic E-state index is 11.3. The summed E-state index contributed by atoms with van der Waals surface area (Å²) in [7, 11) is 1.77. The van der Waals surface area contributed by atoms with Gasteiger partial charge < -0.3 is 15.2 Å². The maximum absolute atomic E-state index is 11.3. The Kier molecular flexibility index (Phi) is 2.97. The monoisotopic (exact) mass is 265 g/mol. The van der Waals surface area contributed by atoms with Gasteiger partial charge in [-0.15, -0.1) is 0 Å². The van der Waals surface area contributed by atoms with Crippen LogP contribution in [0, 0.1) is 12.8 Å². The van der Waals surface area contributed by atoms with E-state index >= 15 is 0 Å². The molecular formula is C13H19N3O3. The van der Waals surface area contributed by atoms with Crippen molar-refractivity contribution >= 4 is 11.8 Å². The van der Waals surface area contributed by atoms with E-state index in [1.165, 1.54) is 12.8 Å². The fourth-order valence-corrected chi connectivity index (χ4v) is 2.91. The van der Waals surface area contributed by atoms with Crippen LogP contribution in [0.15, 0.2) is 0 Å². The molecule has 3 rings (SSSR count). The number of aryl methyl sites for hydroxylation is 2. The third-order valence-electron chi connectivity index (χ3n) is 3.98. The van der Waals surface area contributed by atoms with Crippen LogP contribution < -0.4 is 5.32 Å². The summed E-state index contributed by atoms with van der Waals surface area (Å²) < 4.78 is 7.38. The molecule has 1 saturated heterocycles. The van der Waals surface area contributed by atoms with Gasteiger partial charge in [0.2, 0.25) is 0 Å². The zero-order valence-corrected chi connectivity index (χ0v) is 11.2. The molecule has 0 spiro atoms. The molecule has 2 atom stereocenters. The Morgan fingerprint density at radius 3 is 2.84 bits per heavy atom. The van der Waals surface area contributed by atoms with E-state index in [4.69, 9.17) is 4.74 Å². The number of carboxylic acid groups (broad SMARTS) is 1. The normalized spacial score (nSPS) is 26.6. The molecule has 2 fully saturated rings. The Morgan fingerprint density at radius 2 is 2.21 bits per heavy atom. The summed E-state index contributed by atoms with van der Waals surface area (Å²) in [5.41, 5.74) is 0.809. The van der Waals surface area contributed by atoms with E-state index in [-0.39, 0.29) is 17.7 Å². The van der Waals surface area contributed by atoms with E-state index in [2.05, 4.69) is 10.4 Å². The number of nitrogens with one attached hydrogen (secondary N) is 1. The van der Waals surface area contributed by atoms with Gasteiger partial charge in [0, 0.05) is 13.7 Å². The summed E-state index contributed by atoms with van der Waals surface area (Å²) in [4.78, 5) is 11.3. The first-order chi connectivity index (χ1) is 9.08. The number of carboxylic acids is 1. The molecule has 19 heavy (non-hydrogen) atoms. The van der Waals surface area contributed by atoms with Crippen LogP contribution in [0.1, 0.15) is 35.3 Å². The zero-order valence-electron chi connectivity index (χ0n) is 11.2. The molecule has 2 aliphatic rings. The van der Waals surface area contributed by atoms with E-state index in [0.717, 1.165) is 13.0 Å². The Labute approximate surface area is 111 Å². The van der Waals surface area contributed by atoms with Crippen molar-refractivity contribution in [2.24, 2.45) is 13.0 Å². The van der Waals surface area contributed by atoms with Gasteiger partial charge in [0.05, 0.1) is 17.8 Å². The van der Waals surface area contributed by atoms with E-state index in [0.29, 0.717) is 17.4 Å². The quantitative estimate of drug-likeness (QED) is 0.860. The largest absolute Gasteiger partial charge is 0.477 e. The van der Waals surface area contributed by atoms with Crippen molar-refractivity contribution in [3.8, 4) is 0 Å². The van der Waals surface area contributed by atoms with Crippen molar-refractivity contribution in [3.05, 3.63) is 11.3 Å². The Bertz CT molecular complexity index is 507. The number of aromatic carboxylic acids is 1. The van der Waals surface area contributed by atoms with Crippen molar-refractivity contribution in [2.45, 2.75) is 38.3 Å². The van der Waals surface area contributed by atoms with Crippen molar-refractivity contribution in [1.82, 2.24) is 9.78 Å². The van der Waals surface area contributed by atoms with Crippen LogP contribution in [-0.2, 0) is 11.8 Å². The second-order valence-corrected chi connectivity index (χ2v) is 5.45. The number of aromatic nitrogens is 2. The van der Waals surface area contributed by atoms with Crippen LogP contribution in [0.4, 0.5) is 5.82 Å². The predicted molar refractivity (Wildman–Crippen MR) is 69.4 cm³/mol. The van der Waals surface area contributed by atoms with E-state index in [1.54, 1.807) is 18.7 Å². The van der Waals surface area contributed by atoms with Gasteiger partial charge in [0.1, 0.15) is 11.4 Å². The number of carbonyl (C=O) groups is 1. The molecule has 2 N–H and O–H groups in total. The van der Waals surface area contributed by atoms with Crippen LogP contribution in [0.3, 0.4) is 0 Å². The highest BCUT2D eigenvalue weighted by molar-refractivity contribution is 5.94. The molecule has 1 aromatic rings. The second kappa shape index (κ2) is 4.52. The van der Waals surface area contributed by atoms with Crippen molar-refractivity contribution < 1.29 is 14.6 Å². The lowest BCUT2D eigenvalue weighted by Gasteiger charge is -2.21. The molecule has 0 amide bonds. The van der Waals surface area contributed by atoms with Gasteiger partial charge in [0.25, 0.3) is 0 Å². The standard InChI is InChI=1S/C13H19N3O3/c1-7-10(13(17)18)12(16(2)15-7)14-9-5-6-19-11(9)8-3-4-8/h8-9,11,14H,3-6H2,1-2H3,(H,17,18). The molecule has 1 aromatic heterocycles. The first kappa shape index (κ1) is 12.5. The Balaban J connectivity index is 1.84. The molecule has 1 saturated carbocycles. The average molecular weight is 265 g/mol. The van der Waals surface area contributed by atoms with Gasteiger partial charge in [-0.3, -0.25) is 4.68 Å². The highest BCUT2D eigenvalue weighted by Crippen LogP contribution is 2.39. The van der Waals surface area contributed by atoms with Gasteiger partial charge >= 0.3 is 5.97 Å². The lowest BCUT2D eigenvalue weighted by atomic mass is 10.1. The first-order valence-corrected chi connectivity index (χ1v) is 6.73. The van der Waals surface area contributed by atoms with Crippen molar-refractivity contribution in [2.75, 3.05) is 11.9 Å². The lowest BCUT2D eigenvalue weighted by molar-refractivity contribution is 0.0696. The minimum atomic E-state index is -0.935. The lowest BCUT2D eigenvalue weighted by Crippen LogP contribution is -2.32. The third-order valence-corrected chi connectivity index (χ3v) is 3.98. The van der Waals surface area contributed by atoms with Crippen LogP contribution in [0.2, 0.25) is 0 Å². The molecule has 6 nitrogen and oxygen atoms in total. The van der Waals surface area contributed by atoms with E-state index < -0.39 is 5.97 Å². The molecule has 0 aromatic carbocycles. The number of nitrogens with zero attached hydrogens (tertiary/aromatic N) is 2. The van der Waals surface area contributed by atoms with Gasteiger partial charge in [-0.05, 0) is 32.1 Å². The first-order valence-electron chi connectivity index (χ1n) is 6.73. The zero-order chi connectivity index (χ0) is 13.6. The number of hydrogen-bond acceptors (Lipinski definition) is 4. The average Bonchev–Trinajstić information content (AvgIpc) is 3.01. The van der Waals surface area contributed by atoms with Crippen LogP contribution in [0.25, 0.3) is 0 Å². The second-order valence-electron chi connectivity index (χ2n) is 5.45. The number of hydrogen-bond donors (Lipinski definition) is 2. The fourth-order valence-electron chi connectivity index (χ4n) is 2.91. The van der Waals surface area contributed by atoms with Crippen LogP contribution in [-0.4, -0.2) is 39.6 Å². The predicted octanol–water partition coefficient (Wildman–Crippen LogP) is 1.41. The smallest absolute Gasteiger partial charge is 0.341 e. The summed E-state index contributed by atoms with van der Waals surface area (Å²) in [5, 5.41) is 16.8. The number of rotatable bonds is 4. The molecule has 2 heterocycles. The molecule has 0 bridgehead atoms. The number of anilines is 1. The minimum Gasteiger partial charge on any atom is -0.477 e. The molecule has 1 aliphatic heterocycles. The molecule has 2 unspecified atom stereocenters. The van der Waals surface area contributed by atoms with Crippen molar-refractivity contribution in [3.63, 3.8) is 0 Å². The summed E-state index contributed by atoms with van der Waals surface area (Å²) in [6.45, 7) is 2.47. The summed E-state index contributed by atoms with van der Waals surface area (Å²) in [6.07, 6.45) is 3.58. The van der Waals surface area contributed by atoms with Gasteiger partial charge in [-0.25, -0.2) is 4.79 Å². The summed E-state index contributed by atoms with van der Waals surface area (Å²) in [5.74, 6) is 0.295.